The standard InChI is InChI=1S/C20H15F2N3O7/c1-29-16-7-11(14(25(27)28)9-18(16)32-20(21)22)6-12(10-23)19(26)24-13-2-3-15-17(8-13)31-5-4-30-15/h2-3,6-9,20H,4-5H2,1H3,(H,24,26)/b12-6+. The molecule has 0 spiro atoms. The van der Waals surface area contributed by atoms with Gasteiger partial charge in [0.1, 0.15) is 24.9 Å². The largest absolute Gasteiger partial charge is 0.493 e. The van der Waals surface area contributed by atoms with Crippen molar-refractivity contribution in [2.45, 2.75) is 6.61 Å². The highest BCUT2D eigenvalue weighted by atomic mass is 19.3. The number of carbonyl (C=O) groups excluding carboxylic acids is 1. The average molecular weight is 447 g/mol. The Morgan fingerprint density at radius 2 is 1.97 bits per heavy atom. The predicted molar refractivity (Wildman–Crippen MR) is 106 cm³/mol. The number of nitro benzene ring substituents is 1. The van der Waals surface area contributed by atoms with Gasteiger partial charge in [-0.1, -0.05) is 0 Å². The molecule has 0 saturated heterocycles. The monoisotopic (exact) mass is 447 g/mol. The van der Waals surface area contributed by atoms with Crippen molar-refractivity contribution >= 4 is 23.4 Å². The third-order valence-electron chi connectivity index (χ3n) is 4.19. The zero-order chi connectivity index (χ0) is 23.3. The van der Waals surface area contributed by atoms with E-state index in [2.05, 4.69) is 10.1 Å². The molecule has 12 heteroatoms. The van der Waals surface area contributed by atoms with E-state index in [1.165, 1.54) is 12.1 Å². The van der Waals surface area contributed by atoms with Crippen LogP contribution in [0.5, 0.6) is 23.0 Å². The number of nitro groups is 1. The first-order chi connectivity index (χ1) is 15.3. The molecule has 0 unspecified atom stereocenters. The van der Waals surface area contributed by atoms with Gasteiger partial charge in [0.25, 0.3) is 11.6 Å². The molecule has 2 aromatic carbocycles. The maximum absolute atomic E-state index is 12.6. The number of benzene rings is 2. The fourth-order valence-corrected chi connectivity index (χ4v) is 2.81. The van der Waals surface area contributed by atoms with Crippen molar-refractivity contribution in [3.8, 4) is 29.1 Å². The number of anilines is 1. The molecule has 1 aliphatic heterocycles. The molecule has 1 aliphatic rings. The van der Waals surface area contributed by atoms with Crippen LogP contribution in [0.4, 0.5) is 20.2 Å². The Labute approximate surface area is 179 Å². The van der Waals surface area contributed by atoms with Crippen LogP contribution in [0.1, 0.15) is 5.56 Å². The molecule has 0 aromatic heterocycles. The maximum Gasteiger partial charge on any atom is 0.387 e. The highest BCUT2D eigenvalue weighted by molar-refractivity contribution is 6.10. The second-order valence-electron chi connectivity index (χ2n) is 6.18. The molecule has 0 atom stereocenters. The van der Waals surface area contributed by atoms with Crippen LogP contribution in [-0.2, 0) is 4.79 Å². The van der Waals surface area contributed by atoms with E-state index in [0.29, 0.717) is 30.4 Å². The number of amides is 1. The van der Waals surface area contributed by atoms with Crippen LogP contribution in [0.2, 0.25) is 0 Å². The van der Waals surface area contributed by atoms with Crippen LogP contribution in [0.15, 0.2) is 35.9 Å². The van der Waals surface area contributed by atoms with Gasteiger partial charge < -0.3 is 24.3 Å². The highest BCUT2D eigenvalue weighted by Gasteiger charge is 2.22. The lowest BCUT2D eigenvalue weighted by molar-refractivity contribution is -0.385. The lowest BCUT2D eigenvalue weighted by Crippen LogP contribution is -2.17. The van der Waals surface area contributed by atoms with Crippen LogP contribution < -0.4 is 24.3 Å². The molecule has 1 N–H and O–H groups in total. The summed E-state index contributed by atoms with van der Waals surface area (Å²) in [6.07, 6.45) is 0.945. The van der Waals surface area contributed by atoms with Gasteiger partial charge in [-0.25, -0.2) is 0 Å². The number of ether oxygens (including phenoxy) is 4. The molecule has 1 amide bonds. The molecular weight excluding hydrogens is 432 g/mol. The number of hydrogen-bond acceptors (Lipinski definition) is 8. The van der Waals surface area contributed by atoms with Crippen molar-refractivity contribution in [1.29, 1.82) is 5.26 Å². The Hall–Kier alpha value is -4.40. The number of nitriles is 1. The van der Waals surface area contributed by atoms with Gasteiger partial charge in [0.15, 0.2) is 23.0 Å². The molecule has 1 heterocycles. The van der Waals surface area contributed by atoms with E-state index in [4.69, 9.17) is 14.2 Å². The number of rotatable bonds is 7. The minimum atomic E-state index is -3.24. The summed E-state index contributed by atoms with van der Waals surface area (Å²) in [5.74, 6) is -0.756. The Kier molecular flexibility index (Phi) is 6.69. The van der Waals surface area contributed by atoms with Crippen LogP contribution in [0.3, 0.4) is 0 Å². The van der Waals surface area contributed by atoms with Crippen molar-refractivity contribution < 1.29 is 37.4 Å². The maximum atomic E-state index is 12.6. The smallest absolute Gasteiger partial charge is 0.387 e. The van der Waals surface area contributed by atoms with Gasteiger partial charge in [0.2, 0.25) is 0 Å². The molecule has 0 fully saturated rings. The SMILES string of the molecule is COc1cc(/C=C(\C#N)C(=O)Nc2ccc3c(c2)OCCO3)c([N+](=O)[O-])cc1OC(F)F. The third kappa shape index (κ3) is 5.01. The van der Waals surface area contributed by atoms with Crippen LogP contribution in [-0.4, -0.2) is 37.8 Å². The fourth-order valence-electron chi connectivity index (χ4n) is 2.81. The van der Waals surface area contributed by atoms with Crippen LogP contribution in [0.25, 0.3) is 6.08 Å². The third-order valence-corrected chi connectivity index (χ3v) is 4.19. The first-order valence-corrected chi connectivity index (χ1v) is 8.96. The predicted octanol–water partition coefficient (Wildman–Crippen LogP) is 3.52. The van der Waals surface area contributed by atoms with Crippen molar-refractivity contribution in [2.75, 3.05) is 25.6 Å². The Morgan fingerprint density at radius 1 is 1.25 bits per heavy atom. The number of nitrogens with one attached hydrogen (secondary N) is 1. The van der Waals surface area contributed by atoms with Crippen LogP contribution in [0, 0.1) is 21.4 Å². The molecule has 0 radical (unpaired) electrons. The molecule has 0 saturated carbocycles. The number of fused-ring (bicyclic) bond motifs is 1. The van der Waals surface area contributed by atoms with Gasteiger partial charge in [-0.3, -0.25) is 14.9 Å². The Balaban J connectivity index is 1.93. The lowest BCUT2D eigenvalue weighted by atomic mass is 10.1. The zero-order valence-corrected chi connectivity index (χ0v) is 16.5. The van der Waals surface area contributed by atoms with Gasteiger partial charge in [0.05, 0.1) is 23.7 Å². The summed E-state index contributed by atoms with van der Waals surface area (Å²) in [4.78, 5) is 23.1. The van der Waals surface area contributed by atoms with E-state index in [-0.39, 0.29) is 11.3 Å². The van der Waals surface area contributed by atoms with Crippen molar-refractivity contribution in [2.24, 2.45) is 0 Å². The summed E-state index contributed by atoms with van der Waals surface area (Å²) in [7, 11) is 1.15. The topological polar surface area (TPSA) is 133 Å². The number of nitrogens with zero attached hydrogens (tertiary/aromatic N) is 2. The minimum absolute atomic E-state index is 0.220. The molecule has 10 nitrogen and oxygen atoms in total. The van der Waals surface area contributed by atoms with Crippen molar-refractivity contribution in [3.05, 3.63) is 51.6 Å². The molecule has 2 aromatic rings. The quantitative estimate of drug-likeness (QED) is 0.295. The van der Waals surface area contributed by atoms with Crippen molar-refractivity contribution in [1.82, 2.24) is 0 Å². The van der Waals surface area contributed by atoms with E-state index >= 15 is 0 Å². The molecule has 3 rings (SSSR count). The van der Waals surface area contributed by atoms with Gasteiger partial charge in [-0.2, -0.15) is 14.0 Å². The minimum Gasteiger partial charge on any atom is -0.493 e. The summed E-state index contributed by atoms with van der Waals surface area (Å²) >= 11 is 0. The van der Waals surface area contributed by atoms with E-state index in [0.717, 1.165) is 25.3 Å². The second-order valence-corrected chi connectivity index (χ2v) is 6.18. The summed E-state index contributed by atoms with van der Waals surface area (Å²) < 4.78 is 45.1. The Bertz CT molecular complexity index is 1130. The summed E-state index contributed by atoms with van der Waals surface area (Å²) in [6, 6.07) is 8.02. The highest BCUT2D eigenvalue weighted by Crippen LogP contribution is 2.37. The van der Waals surface area contributed by atoms with Gasteiger partial charge >= 0.3 is 6.61 Å². The molecule has 166 valence electrons. The van der Waals surface area contributed by atoms with E-state index in [1.807, 2.05) is 0 Å². The lowest BCUT2D eigenvalue weighted by Gasteiger charge is -2.18. The molecular formula is C20H15F2N3O7. The van der Waals surface area contributed by atoms with E-state index < -0.39 is 34.5 Å². The number of carbonyl (C=O) groups is 1. The van der Waals surface area contributed by atoms with Gasteiger partial charge in [-0.15, -0.1) is 0 Å². The fraction of sp³-hybridized carbons (Fsp3) is 0.200. The zero-order valence-electron chi connectivity index (χ0n) is 16.5. The second kappa shape index (κ2) is 9.61. The number of methoxy groups -OCH3 is 1. The molecule has 0 aliphatic carbocycles. The first kappa shape index (κ1) is 22.3. The summed E-state index contributed by atoms with van der Waals surface area (Å²) in [5.41, 5.74) is -1.07. The van der Waals surface area contributed by atoms with Crippen molar-refractivity contribution in [3.63, 3.8) is 0 Å². The Morgan fingerprint density at radius 3 is 2.59 bits per heavy atom. The van der Waals surface area contributed by atoms with E-state index in [9.17, 15) is 29.0 Å². The van der Waals surface area contributed by atoms with Gasteiger partial charge in [0, 0.05) is 11.8 Å². The molecule has 0 bridgehead atoms. The normalized spacial score (nSPS) is 12.7. The molecule has 32 heavy (non-hydrogen) atoms. The van der Waals surface area contributed by atoms with Gasteiger partial charge in [-0.05, 0) is 24.3 Å². The number of hydrogen-bond donors (Lipinski definition) is 1. The average Bonchev–Trinajstić information content (AvgIpc) is 2.77. The van der Waals surface area contributed by atoms with E-state index in [1.54, 1.807) is 12.1 Å². The van der Waals surface area contributed by atoms with Crippen LogP contribution >= 0.6 is 0 Å². The summed E-state index contributed by atoms with van der Waals surface area (Å²) in [5, 5.41) is 23.3. The summed E-state index contributed by atoms with van der Waals surface area (Å²) in [6.45, 7) is -2.51. The number of alkyl halides is 2. The number of halogens is 2. The first-order valence-electron chi connectivity index (χ1n) is 8.96.